The van der Waals surface area contributed by atoms with Crippen molar-refractivity contribution in [3.8, 4) is 0 Å². The lowest BCUT2D eigenvalue weighted by molar-refractivity contribution is 1.70. The van der Waals surface area contributed by atoms with Crippen molar-refractivity contribution in [3.05, 3.63) is 18.2 Å². The molecule has 0 amide bonds. The molecule has 0 aliphatic rings. The van der Waals surface area contributed by atoms with Crippen LogP contribution < -0.4 is 16.8 Å². The van der Waals surface area contributed by atoms with Crippen LogP contribution in [-0.2, 0) is 0 Å². The fraction of sp³-hybridized carbons (Fsp3) is 0.143. The van der Waals surface area contributed by atoms with Gasteiger partial charge in [0.15, 0.2) is 0 Å². The zero-order chi connectivity index (χ0) is 7.56. The maximum atomic E-state index is 5.58. The Balaban J connectivity index is 3.04. The minimum absolute atomic E-state index is 0.669. The summed E-state index contributed by atoms with van der Waals surface area (Å²) >= 11 is 0. The summed E-state index contributed by atoms with van der Waals surface area (Å²) in [5, 5.41) is 1.26. The molecule has 1 rings (SSSR count). The molecular weight excluding hydrogens is 143 g/mol. The predicted molar refractivity (Wildman–Crippen MR) is 49.1 cm³/mol. The summed E-state index contributed by atoms with van der Waals surface area (Å²) in [5.41, 5.74) is 12.5. The topological polar surface area (TPSA) is 52.0 Å². The number of hydrogen-bond acceptors (Lipinski definition) is 2. The molecule has 0 aliphatic carbocycles. The van der Waals surface area contributed by atoms with E-state index in [-0.39, 0.29) is 0 Å². The number of anilines is 2. The summed E-state index contributed by atoms with van der Waals surface area (Å²) in [4.78, 5) is 0. The fourth-order valence-corrected chi connectivity index (χ4v) is 1.28. The molecule has 1 aromatic carbocycles. The standard InChI is InChI=1S/C7H11N2P/c1-10-5-2-3-6(8)7(9)4-5/h2-4,10H,8-9H2,1H3. The molecule has 4 N–H and O–H groups in total. The van der Waals surface area contributed by atoms with Crippen LogP contribution in [0.4, 0.5) is 11.4 Å². The molecule has 0 saturated heterocycles. The first-order chi connectivity index (χ1) is 4.74. The van der Waals surface area contributed by atoms with Crippen molar-refractivity contribution in [2.24, 2.45) is 0 Å². The Hall–Kier alpha value is -0.750. The number of hydrogen-bond donors (Lipinski definition) is 2. The summed E-state index contributed by atoms with van der Waals surface area (Å²) in [5.74, 6) is 0. The van der Waals surface area contributed by atoms with Gasteiger partial charge in [-0.05, 0) is 24.1 Å². The molecule has 3 heteroatoms. The molecule has 10 heavy (non-hydrogen) atoms. The highest BCUT2D eigenvalue weighted by molar-refractivity contribution is 7.46. The van der Waals surface area contributed by atoms with Gasteiger partial charge in [-0.2, -0.15) is 0 Å². The molecule has 1 unspecified atom stereocenters. The first kappa shape index (κ1) is 7.36. The zero-order valence-corrected chi connectivity index (χ0v) is 6.89. The van der Waals surface area contributed by atoms with Gasteiger partial charge in [-0.15, -0.1) is 0 Å². The molecule has 0 radical (unpaired) electrons. The van der Waals surface area contributed by atoms with Crippen LogP contribution in [-0.4, -0.2) is 6.66 Å². The molecule has 0 spiro atoms. The number of nitrogen functional groups attached to an aromatic ring is 2. The first-order valence-corrected chi connectivity index (χ1v) is 4.57. The van der Waals surface area contributed by atoms with E-state index in [0.717, 1.165) is 8.58 Å². The molecule has 0 saturated carbocycles. The maximum absolute atomic E-state index is 5.58. The van der Waals surface area contributed by atoms with Gasteiger partial charge in [0.1, 0.15) is 0 Å². The molecule has 2 nitrogen and oxygen atoms in total. The fourth-order valence-electron chi connectivity index (χ4n) is 0.730. The van der Waals surface area contributed by atoms with Crippen LogP contribution in [0.5, 0.6) is 0 Å². The molecule has 0 fully saturated rings. The van der Waals surface area contributed by atoms with Crippen LogP contribution in [0.15, 0.2) is 18.2 Å². The van der Waals surface area contributed by atoms with Gasteiger partial charge < -0.3 is 11.5 Å². The van der Waals surface area contributed by atoms with E-state index in [1.165, 1.54) is 5.30 Å². The van der Waals surface area contributed by atoms with Gasteiger partial charge in [0, 0.05) is 0 Å². The van der Waals surface area contributed by atoms with Crippen molar-refractivity contribution in [1.29, 1.82) is 0 Å². The van der Waals surface area contributed by atoms with E-state index >= 15 is 0 Å². The highest BCUT2D eigenvalue weighted by Crippen LogP contribution is 2.14. The van der Waals surface area contributed by atoms with Gasteiger partial charge in [0.05, 0.1) is 11.4 Å². The van der Waals surface area contributed by atoms with E-state index in [4.69, 9.17) is 11.5 Å². The molecule has 1 aromatic rings. The van der Waals surface area contributed by atoms with Gasteiger partial charge in [-0.3, -0.25) is 0 Å². The van der Waals surface area contributed by atoms with Crippen LogP contribution in [0.25, 0.3) is 0 Å². The van der Waals surface area contributed by atoms with Gasteiger partial charge in [0.25, 0.3) is 0 Å². The molecule has 0 heterocycles. The van der Waals surface area contributed by atoms with E-state index in [1.807, 2.05) is 18.2 Å². The molecule has 1 atom stereocenters. The number of nitrogens with two attached hydrogens (primary N) is 2. The lowest BCUT2D eigenvalue weighted by Gasteiger charge is -2.01. The average Bonchev–Trinajstić information content (AvgIpc) is 1.95. The quantitative estimate of drug-likeness (QED) is 0.464. The Bertz CT molecular complexity index is 235. The van der Waals surface area contributed by atoms with Crippen LogP contribution in [0.1, 0.15) is 0 Å². The normalized spacial score (nSPS) is 10.9. The van der Waals surface area contributed by atoms with E-state index in [2.05, 4.69) is 6.66 Å². The monoisotopic (exact) mass is 154 g/mol. The average molecular weight is 154 g/mol. The number of benzene rings is 1. The second-order valence-electron chi connectivity index (χ2n) is 2.09. The summed E-state index contributed by atoms with van der Waals surface area (Å²) in [6, 6.07) is 5.78. The Morgan fingerprint density at radius 2 is 1.90 bits per heavy atom. The van der Waals surface area contributed by atoms with Crippen LogP contribution in [0.2, 0.25) is 0 Å². The second-order valence-corrected chi connectivity index (χ2v) is 3.17. The summed E-state index contributed by atoms with van der Waals surface area (Å²) < 4.78 is 0. The van der Waals surface area contributed by atoms with Crippen molar-refractivity contribution in [2.45, 2.75) is 0 Å². The highest BCUT2D eigenvalue weighted by Gasteiger charge is 1.93. The van der Waals surface area contributed by atoms with Gasteiger partial charge in [-0.1, -0.05) is 14.6 Å². The predicted octanol–water partition coefficient (Wildman–Crippen LogP) is 0.785. The Kier molecular flexibility index (Phi) is 2.13. The van der Waals surface area contributed by atoms with Crippen molar-refractivity contribution < 1.29 is 0 Å². The van der Waals surface area contributed by atoms with E-state index in [1.54, 1.807) is 0 Å². The Morgan fingerprint density at radius 1 is 1.20 bits per heavy atom. The lowest BCUT2D eigenvalue weighted by Crippen LogP contribution is -2.00. The van der Waals surface area contributed by atoms with Crippen LogP contribution >= 0.6 is 8.58 Å². The Morgan fingerprint density at radius 3 is 2.40 bits per heavy atom. The molecule has 0 bridgehead atoms. The highest BCUT2D eigenvalue weighted by atomic mass is 31.1. The van der Waals surface area contributed by atoms with Crippen molar-refractivity contribution >= 4 is 25.3 Å². The summed E-state index contributed by atoms with van der Waals surface area (Å²) in [6.07, 6.45) is 0. The maximum Gasteiger partial charge on any atom is 0.0554 e. The molecule has 54 valence electrons. The number of rotatable bonds is 1. The third kappa shape index (κ3) is 1.39. The van der Waals surface area contributed by atoms with Crippen molar-refractivity contribution in [2.75, 3.05) is 18.1 Å². The SMILES string of the molecule is CPc1ccc(N)c(N)c1. The lowest BCUT2D eigenvalue weighted by atomic mass is 10.3. The van der Waals surface area contributed by atoms with Crippen molar-refractivity contribution in [3.63, 3.8) is 0 Å². The smallest absolute Gasteiger partial charge is 0.0554 e. The van der Waals surface area contributed by atoms with Gasteiger partial charge in [0.2, 0.25) is 0 Å². The molecular formula is C7H11N2P. The Labute approximate surface area is 62.4 Å². The minimum Gasteiger partial charge on any atom is -0.397 e. The third-order valence-corrected chi connectivity index (χ3v) is 2.26. The van der Waals surface area contributed by atoms with E-state index in [9.17, 15) is 0 Å². The summed E-state index contributed by atoms with van der Waals surface area (Å²) in [6.45, 7) is 2.12. The molecule has 0 aliphatic heterocycles. The zero-order valence-electron chi connectivity index (χ0n) is 5.89. The first-order valence-electron chi connectivity index (χ1n) is 3.07. The van der Waals surface area contributed by atoms with Crippen molar-refractivity contribution in [1.82, 2.24) is 0 Å². The second kappa shape index (κ2) is 2.89. The van der Waals surface area contributed by atoms with E-state index < -0.39 is 0 Å². The summed E-state index contributed by atoms with van der Waals surface area (Å²) in [7, 11) is 0.787. The minimum atomic E-state index is 0.669. The largest absolute Gasteiger partial charge is 0.397 e. The van der Waals surface area contributed by atoms with Crippen LogP contribution in [0, 0.1) is 0 Å². The van der Waals surface area contributed by atoms with E-state index in [0.29, 0.717) is 11.4 Å². The van der Waals surface area contributed by atoms with Gasteiger partial charge in [-0.25, -0.2) is 0 Å². The molecule has 0 aromatic heterocycles. The van der Waals surface area contributed by atoms with Crippen LogP contribution in [0.3, 0.4) is 0 Å². The van der Waals surface area contributed by atoms with Gasteiger partial charge >= 0.3 is 0 Å². The third-order valence-electron chi connectivity index (χ3n) is 1.38.